The first-order valence-electron chi connectivity index (χ1n) is 11.5. The van der Waals surface area contributed by atoms with E-state index >= 15 is 0 Å². The first kappa shape index (κ1) is 22.8. The Bertz CT molecular complexity index is 1090. The number of carbonyl (C=O) groups is 2. The third-order valence-corrected chi connectivity index (χ3v) is 6.21. The number of nitrogens with one attached hydrogen (secondary N) is 2. The number of benzene rings is 3. The second-order valence-electron chi connectivity index (χ2n) is 8.61. The lowest BCUT2D eigenvalue weighted by Gasteiger charge is -2.22. The minimum atomic E-state index is -1.06. The lowest BCUT2D eigenvalue weighted by molar-refractivity contribution is -0.139. The lowest BCUT2D eigenvalue weighted by atomic mass is 9.95. The molecule has 0 aromatic heterocycles. The number of ether oxygens (including phenoxy) is 1. The summed E-state index contributed by atoms with van der Waals surface area (Å²) < 4.78 is 5.98. The maximum absolute atomic E-state index is 12.4. The molecule has 0 saturated carbocycles. The number of piperidine rings is 1. The van der Waals surface area contributed by atoms with Crippen LogP contribution in [0.15, 0.2) is 66.7 Å². The lowest BCUT2D eigenvalue weighted by Crippen LogP contribution is -2.42. The van der Waals surface area contributed by atoms with Crippen molar-refractivity contribution in [2.45, 2.75) is 31.7 Å². The van der Waals surface area contributed by atoms with E-state index in [4.69, 9.17) is 4.74 Å². The van der Waals surface area contributed by atoms with Crippen LogP contribution in [0.5, 0.6) is 5.75 Å². The number of carboxylic acids is 1. The normalized spacial score (nSPS) is 15.2. The van der Waals surface area contributed by atoms with Gasteiger partial charge in [0, 0.05) is 12.0 Å². The van der Waals surface area contributed by atoms with Crippen molar-refractivity contribution in [3.8, 4) is 5.75 Å². The maximum Gasteiger partial charge on any atom is 0.326 e. The molecule has 3 aromatic carbocycles. The van der Waals surface area contributed by atoms with Crippen LogP contribution in [-0.2, 0) is 11.2 Å². The highest BCUT2D eigenvalue weighted by molar-refractivity contribution is 5.96. The fraction of sp³-hybridized carbons (Fsp3) is 0.333. The quantitative estimate of drug-likeness (QED) is 0.462. The average Bonchev–Trinajstić information content (AvgIpc) is 2.84. The molecule has 3 aromatic rings. The largest absolute Gasteiger partial charge is 0.494 e. The first-order chi connectivity index (χ1) is 16.1. The van der Waals surface area contributed by atoms with Crippen molar-refractivity contribution in [1.29, 1.82) is 0 Å². The third kappa shape index (κ3) is 6.33. The van der Waals surface area contributed by atoms with Gasteiger partial charge in [-0.15, -0.1) is 0 Å². The van der Waals surface area contributed by atoms with Gasteiger partial charge in [0.2, 0.25) is 0 Å². The molecule has 1 fully saturated rings. The number of aliphatic carboxylic acids is 1. The molecule has 1 amide bonds. The molecule has 1 aliphatic rings. The number of hydrogen-bond acceptors (Lipinski definition) is 4. The third-order valence-electron chi connectivity index (χ3n) is 6.21. The summed E-state index contributed by atoms with van der Waals surface area (Å²) >= 11 is 0. The fourth-order valence-electron chi connectivity index (χ4n) is 4.27. The smallest absolute Gasteiger partial charge is 0.326 e. The minimum absolute atomic E-state index is 0.207. The van der Waals surface area contributed by atoms with E-state index < -0.39 is 17.9 Å². The molecule has 0 spiro atoms. The molecule has 0 bridgehead atoms. The summed E-state index contributed by atoms with van der Waals surface area (Å²) in [5.74, 6) is 0.133. The molecule has 6 nitrogen and oxygen atoms in total. The SMILES string of the molecule is O=C(NC(Cc1ccc2cc(OCCC3CCNCC3)ccc2c1)C(=O)O)c1ccccc1. The topological polar surface area (TPSA) is 87.7 Å². The van der Waals surface area contributed by atoms with Crippen molar-refractivity contribution >= 4 is 22.6 Å². The highest BCUT2D eigenvalue weighted by Crippen LogP contribution is 2.24. The molecular weight excluding hydrogens is 416 g/mol. The van der Waals surface area contributed by atoms with Crippen molar-refractivity contribution in [3.63, 3.8) is 0 Å². The Kier molecular flexibility index (Phi) is 7.58. The van der Waals surface area contributed by atoms with Gasteiger partial charge in [0.25, 0.3) is 5.91 Å². The van der Waals surface area contributed by atoms with Gasteiger partial charge in [0.15, 0.2) is 0 Å². The molecule has 0 aliphatic carbocycles. The average molecular weight is 447 g/mol. The van der Waals surface area contributed by atoms with Gasteiger partial charge in [-0.05, 0) is 78.9 Å². The Morgan fingerprint density at radius 2 is 1.73 bits per heavy atom. The maximum atomic E-state index is 12.4. The van der Waals surface area contributed by atoms with Gasteiger partial charge in [-0.2, -0.15) is 0 Å². The summed E-state index contributed by atoms with van der Waals surface area (Å²) in [6.45, 7) is 2.92. The number of hydrogen-bond donors (Lipinski definition) is 3. The monoisotopic (exact) mass is 446 g/mol. The van der Waals surface area contributed by atoms with E-state index in [-0.39, 0.29) is 6.42 Å². The van der Waals surface area contributed by atoms with E-state index in [9.17, 15) is 14.7 Å². The second-order valence-corrected chi connectivity index (χ2v) is 8.61. The fourth-order valence-corrected chi connectivity index (χ4v) is 4.27. The summed E-state index contributed by atoms with van der Waals surface area (Å²) in [6, 6.07) is 19.5. The summed E-state index contributed by atoms with van der Waals surface area (Å²) in [4.78, 5) is 24.2. The highest BCUT2D eigenvalue weighted by Gasteiger charge is 2.21. The first-order valence-corrected chi connectivity index (χ1v) is 11.5. The standard InChI is InChI=1S/C27H30N2O4/c30-26(21-4-2-1-3-5-21)29-25(27(31)32)17-20-6-7-23-18-24(9-8-22(23)16-20)33-15-12-19-10-13-28-14-11-19/h1-9,16,18-19,25,28H,10-15,17H2,(H,29,30)(H,31,32). The molecule has 0 radical (unpaired) electrons. The summed E-state index contributed by atoms with van der Waals surface area (Å²) in [5, 5.41) is 17.7. The number of carboxylic acid groups (broad SMARTS) is 1. The zero-order valence-electron chi connectivity index (χ0n) is 18.6. The van der Waals surface area contributed by atoms with Crippen molar-refractivity contribution in [3.05, 3.63) is 77.9 Å². The van der Waals surface area contributed by atoms with E-state index in [0.29, 0.717) is 5.56 Å². The van der Waals surface area contributed by atoms with Crippen molar-refractivity contribution < 1.29 is 19.4 Å². The number of fused-ring (bicyclic) bond motifs is 1. The predicted octanol–water partition coefficient (Wildman–Crippen LogP) is 4.03. The highest BCUT2D eigenvalue weighted by atomic mass is 16.5. The predicted molar refractivity (Wildman–Crippen MR) is 129 cm³/mol. The molecule has 6 heteroatoms. The van der Waals surface area contributed by atoms with Gasteiger partial charge in [0.05, 0.1) is 6.61 Å². The van der Waals surface area contributed by atoms with E-state index in [1.54, 1.807) is 24.3 Å². The van der Waals surface area contributed by atoms with Gasteiger partial charge in [-0.3, -0.25) is 4.79 Å². The van der Waals surface area contributed by atoms with E-state index in [0.717, 1.165) is 54.1 Å². The Morgan fingerprint density at radius 1 is 1.00 bits per heavy atom. The van der Waals surface area contributed by atoms with Crippen LogP contribution in [0.25, 0.3) is 10.8 Å². The second kappa shape index (κ2) is 11.0. The van der Waals surface area contributed by atoms with Gasteiger partial charge in [-0.25, -0.2) is 4.79 Å². The van der Waals surface area contributed by atoms with Crippen molar-refractivity contribution in [2.24, 2.45) is 5.92 Å². The molecule has 1 saturated heterocycles. The Morgan fingerprint density at radius 3 is 2.48 bits per heavy atom. The minimum Gasteiger partial charge on any atom is -0.494 e. The molecular formula is C27H30N2O4. The van der Waals surface area contributed by atoms with Crippen LogP contribution >= 0.6 is 0 Å². The zero-order chi connectivity index (χ0) is 23.0. The molecule has 33 heavy (non-hydrogen) atoms. The van der Waals surface area contributed by atoms with Crippen LogP contribution in [0.4, 0.5) is 0 Å². The molecule has 1 unspecified atom stereocenters. The number of carbonyl (C=O) groups excluding carboxylic acids is 1. The van der Waals surface area contributed by atoms with Crippen LogP contribution in [0, 0.1) is 5.92 Å². The van der Waals surface area contributed by atoms with Crippen LogP contribution < -0.4 is 15.4 Å². The van der Waals surface area contributed by atoms with E-state index in [1.165, 1.54) is 12.8 Å². The number of amides is 1. The molecule has 1 atom stereocenters. The Labute approximate surface area is 194 Å². The van der Waals surface area contributed by atoms with Gasteiger partial charge >= 0.3 is 5.97 Å². The van der Waals surface area contributed by atoms with E-state index in [1.807, 2.05) is 42.5 Å². The molecule has 3 N–H and O–H groups in total. The van der Waals surface area contributed by atoms with Crippen LogP contribution in [-0.4, -0.2) is 42.7 Å². The van der Waals surface area contributed by atoms with Crippen LogP contribution in [0.1, 0.15) is 35.2 Å². The summed E-state index contributed by atoms with van der Waals surface area (Å²) in [5.41, 5.74) is 1.29. The Balaban J connectivity index is 1.37. The van der Waals surface area contributed by atoms with Crippen LogP contribution in [0.2, 0.25) is 0 Å². The molecule has 172 valence electrons. The number of rotatable bonds is 9. The molecule has 1 heterocycles. The van der Waals surface area contributed by atoms with E-state index in [2.05, 4.69) is 10.6 Å². The molecule has 1 aliphatic heterocycles. The van der Waals surface area contributed by atoms with Gasteiger partial charge in [-0.1, -0.05) is 42.5 Å². The molecule has 4 rings (SSSR count). The summed E-state index contributed by atoms with van der Waals surface area (Å²) in [6.07, 6.45) is 3.71. The van der Waals surface area contributed by atoms with Crippen molar-refractivity contribution in [1.82, 2.24) is 10.6 Å². The zero-order valence-corrected chi connectivity index (χ0v) is 18.6. The van der Waals surface area contributed by atoms with Crippen molar-refractivity contribution in [2.75, 3.05) is 19.7 Å². The van der Waals surface area contributed by atoms with Gasteiger partial charge < -0.3 is 20.5 Å². The van der Waals surface area contributed by atoms with Crippen LogP contribution in [0.3, 0.4) is 0 Å². The summed E-state index contributed by atoms with van der Waals surface area (Å²) in [7, 11) is 0. The van der Waals surface area contributed by atoms with Gasteiger partial charge in [0.1, 0.15) is 11.8 Å². The Hall–Kier alpha value is -3.38.